The zero-order chi connectivity index (χ0) is 13.2. The van der Waals surface area contributed by atoms with Gasteiger partial charge in [-0.15, -0.1) is 0 Å². The molecule has 0 atom stereocenters. The fourth-order valence-electron chi connectivity index (χ4n) is 2.45. The van der Waals surface area contributed by atoms with Crippen LogP contribution in [0.2, 0.25) is 0 Å². The third kappa shape index (κ3) is 2.19. The maximum Gasteiger partial charge on any atom is 0.253 e. The Morgan fingerprint density at radius 3 is 2.72 bits per heavy atom. The highest BCUT2D eigenvalue weighted by Gasteiger charge is 2.35. The van der Waals surface area contributed by atoms with E-state index in [9.17, 15) is 9.90 Å². The number of hydrogen-bond donors (Lipinski definition) is 4. The van der Waals surface area contributed by atoms with E-state index in [1.165, 1.54) is 0 Å². The van der Waals surface area contributed by atoms with E-state index in [4.69, 9.17) is 5.73 Å². The molecule has 1 amide bonds. The van der Waals surface area contributed by atoms with Crippen LogP contribution in [0.4, 0.5) is 5.69 Å². The zero-order valence-electron chi connectivity index (χ0n) is 10.5. The van der Waals surface area contributed by atoms with Gasteiger partial charge in [0, 0.05) is 12.7 Å². The maximum atomic E-state index is 11.9. The monoisotopic (exact) mass is 249 g/mol. The molecule has 1 aliphatic rings. The quantitative estimate of drug-likeness (QED) is 0.564. The summed E-state index contributed by atoms with van der Waals surface area (Å²) >= 11 is 0. The molecule has 1 fully saturated rings. The van der Waals surface area contributed by atoms with Crippen LogP contribution in [0, 0.1) is 0 Å². The van der Waals surface area contributed by atoms with Gasteiger partial charge in [-0.25, -0.2) is 0 Å². The van der Waals surface area contributed by atoms with E-state index < -0.39 is 5.60 Å². The highest BCUT2D eigenvalue weighted by atomic mass is 16.3. The van der Waals surface area contributed by atoms with Gasteiger partial charge >= 0.3 is 0 Å². The van der Waals surface area contributed by atoms with Crippen molar-refractivity contribution in [2.45, 2.75) is 18.4 Å². The van der Waals surface area contributed by atoms with Crippen LogP contribution in [-0.2, 0) is 5.60 Å². The molecule has 1 aliphatic heterocycles. The smallest absolute Gasteiger partial charge is 0.253 e. The molecule has 98 valence electrons. The molecule has 1 saturated heterocycles. The Labute approximate surface area is 106 Å². The van der Waals surface area contributed by atoms with Crippen LogP contribution in [-0.4, -0.2) is 31.2 Å². The molecule has 1 aromatic carbocycles. The molecule has 0 unspecified atom stereocenters. The average molecular weight is 249 g/mol. The van der Waals surface area contributed by atoms with E-state index in [2.05, 4.69) is 10.6 Å². The predicted molar refractivity (Wildman–Crippen MR) is 70.2 cm³/mol. The van der Waals surface area contributed by atoms with Crippen molar-refractivity contribution in [2.75, 3.05) is 25.9 Å². The van der Waals surface area contributed by atoms with E-state index >= 15 is 0 Å². The van der Waals surface area contributed by atoms with Crippen molar-refractivity contribution in [3.63, 3.8) is 0 Å². The number of nitrogen functional groups attached to an aromatic ring is 1. The Kier molecular flexibility index (Phi) is 3.54. The van der Waals surface area contributed by atoms with Crippen molar-refractivity contribution in [2.24, 2.45) is 0 Å². The lowest BCUT2D eigenvalue weighted by Crippen LogP contribution is -2.41. The number of nitrogens with one attached hydrogen (secondary N) is 2. The first-order valence-corrected chi connectivity index (χ1v) is 6.12. The summed E-state index contributed by atoms with van der Waals surface area (Å²) in [6, 6.07) is 5.24. The third-order valence-corrected chi connectivity index (χ3v) is 3.48. The van der Waals surface area contributed by atoms with Crippen LogP contribution in [0.1, 0.15) is 28.8 Å². The fourth-order valence-corrected chi connectivity index (χ4v) is 2.45. The number of aliphatic hydroxyl groups is 1. The molecule has 5 nitrogen and oxygen atoms in total. The van der Waals surface area contributed by atoms with Gasteiger partial charge in [0.15, 0.2) is 0 Å². The lowest BCUT2D eigenvalue weighted by molar-refractivity contribution is 0.00518. The number of piperidine rings is 1. The summed E-state index contributed by atoms with van der Waals surface area (Å²) in [5, 5.41) is 16.5. The largest absolute Gasteiger partial charge is 0.398 e. The van der Waals surface area contributed by atoms with Gasteiger partial charge in [0.2, 0.25) is 0 Å². The first-order chi connectivity index (χ1) is 8.58. The Balaban J connectivity index is 2.49. The minimum atomic E-state index is -0.970. The summed E-state index contributed by atoms with van der Waals surface area (Å²) < 4.78 is 0. The molecule has 18 heavy (non-hydrogen) atoms. The summed E-state index contributed by atoms with van der Waals surface area (Å²) in [6.45, 7) is 1.47. The highest BCUT2D eigenvalue weighted by Crippen LogP contribution is 2.34. The molecule has 5 heteroatoms. The normalized spacial score (nSPS) is 18.3. The molecule has 0 aliphatic carbocycles. The molecule has 1 aromatic rings. The van der Waals surface area contributed by atoms with Crippen molar-refractivity contribution in [3.05, 3.63) is 29.3 Å². The molecular weight excluding hydrogens is 230 g/mol. The molecule has 0 spiro atoms. The number of carbonyl (C=O) groups is 1. The number of amides is 1. The van der Waals surface area contributed by atoms with E-state index in [-0.39, 0.29) is 5.91 Å². The van der Waals surface area contributed by atoms with Gasteiger partial charge in [0.1, 0.15) is 0 Å². The van der Waals surface area contributed by atoms with Crippen molar-refractivity contribution in [3.8, 4) is 0 Å². The number of carbonyl (C=O) groups excluding carboxylic acids is 1. The minimum absolute atomic E-state index is 0.255. The molecule has 2 rings (SSSR count). The van der Waals surface area contributed by atoms with Crippen LogP contribution in [0.25, 0.3) is 0 Å². The summed E-state index contributed by atoms with van der Waals surface area (Å²) in [7, 11) is 1.56. The van der Waals surface area contributed by atoms with Gasteiger partial charge in [0.05, 0.1) is 11.2 Å². The Morgan fingerprint density at radius 1 is 1.44 bits per heavy atom. The van der Waals surface area contributed by atoms with E-state index in [1.54, 1.807) is 25.2 Å². The number of nitrogens with two attached hydrogens (primary N) is 1. The minimum Gasteiger partial charge on any atom is -0.398 e. The average Bonchev–Trinajstić information content (AvgIpc) is 2.38. The van der Waals surface area contributed by atoms with Gasteiger partial charge in [-0.05, 0) is 37.6 Å². The molecule has 1 heterocycles. The second kappa shape index (κ2) is 4.96. The molecule has 0 bridgehead atoms. The molecule has 5 N–H and O–H groups in total. The van der Waals surface area contributed by atoms with Gasteiger partial charge in [-0.2, -0.15) is 0 Å². The van der Waals surface area contributed by atoms with E-state index in [1.807, 2.05) is 0 Å². The van der Waals surface area contributed by atoms with Crippen LogP contribution < -0.4 is 16.4 Å². The van der Waals surface area contributed by atoms with E-state index in [0.29, 0.717) is 29.7 Å². The van der Waals surface area contributed by atoms with Crippen molar-refractivity contribution in [1.29, 1.82) is 0 Å². The molecule has 0 saturated carbocycles. The summed E-state index contributed by atoms with van der Waals surface area (Å²) in [5.74, 6) is -0.255. The summed E-state index contributed by atoms with van der Waals surface area (Å²) in [6.07, 6.45) is 1.17. The fraction of sp³-hybridized carbons (Fsp3) is 0.462. The van der Waals surface area contributed by atoms with Crippen molar-refractivity contribution >= 4 is 11.6 Å². The van der Waals surface area contributed by atoms with Crippen LogP contribution in [0.5, 0.6) is 0 Å². The second-order valence-electron chi connectivity index (χ2n) is 4.63. The maximum absolute atomic E-state index is 11.9. The van der Waals surface area contributed by atoms with E-state index in [0.717, 1.165) is 13.1 Å². The summed E-state index contributed by atoms with van der Waals surface area (Å²) in [4.78, 5) is 11.9. The van der Waals surface area contributed by atoms with Gasteiger partial charge in [-0.1, -0.05) is 12.1 Å². The van der Waals surface area contributed by atoms with Gasteiger partial charge in [-0.3, -0.25) is 4.79 Å². The third-order valence-electron chi connectivity index (χ3n) is 3.48. The number of benzene rings is 1. The van der Waals surface area contributed by atoms with Crippen LogP contribution in [0.3, 0.4) is 0 Å². The van der Waals surface area contributed by atoms with Gasteiger partial charge < -0.3 is 21.5 Å². The Bertz CT molecular complexity index is 454. The zero-order valence-corrected chi connectivity index (χ0v) is 10.5. The van der Waals surface area contributed by atoms with Gasteiger partial charge in [0.25, 0.3) is 5.91 Å². The van der Waals surface area contributed by atoms with Crippen LogP contribution in [0.15, 0.2) is 18.2 Å². The van der Waals surface area contributed by atoms with Crippen LogP contribution >= 0.6 is 0 Å². The topological polar surface area (TPSA) is 87.4 Å². The molecule has 0 radical (unpaired) electrons. The predicted octanol–water partition coefficient (Wildman–Crippen LogP) is 0.199. The Morgan fingerprint density at radius 2 is 2.11 bits per heavy atom. The first kappa shape index (κ1) is 12.9. The lowest BCUT2D eigenvalue weighted by Gasteiger charge is -2.34. The van der Waals surface area contributed by atoms with Crippen molar-refractivity contribution in [1.82, 2.24) is 10.6 Å². The second-order valence-corrected chi connectivity index (χ2v) is 4.63. The molecular formula is C13H19N3O2. The summed E-state index contributed by atoms with van der Waals surface area (Å²) in [5.41, 5.74) is 6.33. The lowest BCUT2D eigenvalue weighted by atomic mass is 9.82. The molecule has 0 aromatic heterocycles. The standard InChI is InChI=1S/C13H19N3O2/c1-15-12(17)11-9(3-2-4-10(11)14)13(18)5-7-16-8-6-13/h2-4,16,18H,5-8,14H2,1H3,(H,15,17). The number of rotatable bonds is 2. The SMILES string of the molecule is CNC(=O)c1c(N)cccc1C1(O)CCNCC1. The first-order valence-electron chi connectivity index (χ1n) is 6.12. The van der Waals surface area contributed by atoms with Crippen molar-refractivity contribution < 1.29 is 9.90 Å². The highest BCUT2D eigenvalue weighted by molar-refractivity contribution is 6.00. The number of hydrogen-bond acceptors (Lipinski definition) is 4. The number of anilines is 1. The Hall–Kier alpha value is -1.59.